The van der Waals surface area contributed by atoms with Crippen LogP contribution in [0.1, 0.15) is 36.5 Å². The summed E-state index contributed by atoms with van der Waals surface area (Å²) < 4.78 is 0. The van der Waals surface area contributed by atoms with Crippen LogP contribution in [0.25, 0.3) is 0 Å². The number of amides is 1. The fourth-order valence-corrected chi connectivity index (χ4v) is 1.72. The molecule has 17 heavy (non-hydrogen) atoms. The van der Waals surface area contributed by atoms with Gasteiger partial charge >= 0.3 is 0 Å². The van der Waals surface area contributed by atoms with Gasteiger partial charge in [-0.2, -0.15) is 0 Å². The maximum atomic E-state index is 12.1. The minimum absolute atomic E-state index is 0.0277. The van der Waals surface area contributed by atoms with Gasteiger partial charge in [-0.25, -0.2) is 0 Å². The van der Waals surface area contributed by atoms with Crippen LogP contribution in [-0.4, -0.2) is 24.4 Å². The van der Waals surface area contributed by atoms with Crippen LogP contribution in [0.15, 0.2) is 18.2 Å². The Bertz CT molecular complexity index is 370. The summed E-state index contributed by atoms with van der Waals surface area (Å²) in [6.07, 6.45) is 3.31. The SMILES string of the molecule is CCCCCN(C)C(=O)c1cc(N)cc(N)c1. The predicted molar refractivity (Wildman–Crippen MR) is 71.8 cm³/mol. The molecule has 1 aromatic carbocycles. The molecule has 0 bridgehead atoms. The zero-order valence-corrected chi connectivity index (χ0v) is 10.6. The maximum Gasteiger partial charge on any atom is 0.253 e. The number of nitrogen functional groups attached to an aromatic ring is 2. The van der Waals surface area contributed by atoms with Crippen molar-refractivity contribution in [3.05, 3.63) is 23.8 Å². The fourth-order valence-electron chi connectivity index (χ4n) is 1.72. The van der Waals surface area contributed by atoms with Gasteiger partial charge in [-0.05, 0) is 24.6 Å². The summed E-state index contributed by atoms with van der Waals surface area (Å²) in [5.41, 5.74) is 12.9. The Balaban J connectivity index is 2.68. The minimum Gasteiger partial charge on any atom is -0.399 e. The molecule has 0 saturated carbocycles. The second-order valence-corrected chi connectivity index (χ2v) is 4.32. The van der Waals surface area contributed by atoms with Crippen LogP contribution in [0.2, 0.25) is 0 Å². The van der Waals surface area contributed by atoms with Crippen molar-refractivity contribution in [3.63, 3.8) is 0 Å². The average molecular weight is 235 g/mol. The Morgan fingerprint density at radius 2 is 1.76 bits per heavy atom. The van der Waals surface area contributed by atoms with Gasteiger partial charge in [0.1, 0.15) is 0 Å². The van der Waals surface area contributed by atoms with Crippen LogP contribution in [0.5, 0.6) is 0 Å². The average Bonchev–Trinajstić information content (AvgIpc) is 2.27. The summed E-state index contributed by atoms with van der Waals surface area (Å²) in [5, 5.41) is 0. The highest BCUT2D eigenvalue weighted by Gasteiger charge is 2.12. The van der Waals surface area contributed by atoms with E-state index < -0.39 is 0 Å². The number of anilines is 2. The highest BCUT2D eigenvalue weighted by Crippen LogP contribution is 2.15. The summed E-state index contributed by atoms with van der Waals surface area (Å²) in [5.74, 6) is -0.0277. The molecule has 4 N–H and O–H groups in total. The first-order chi connectivity index (χ1) is 8.04. The second-order valence-electron chi connectivity index (χ2n) is 4.32. The molecule has 0 fully saturated rings. The van der Waals surface area contributed by atoms with Crippen molar-refractivity contribution in [3.8, 4) is 0 Å². The van der Waals surface area contributed by atoms with Crippen LogP contribution < -0.4 is 11.5 Å². The van der Waals surface area contributed by atoms with Gasteiger partial charge in [0.25, 0.3) is 5.91 Å². The summed E-state index contributed by atoms with van der Waals surface area (Å²) in [7, 11) is 1.80. The Labute approximate surface area is 103 Å². The summed E-state index contributed by atoms with van der Waals surface area (Å²) in [6.45, 7) is 2.90. The topological polar surface area (TPSA) is 72.3 Å². The lowest BCUT2D eigenvalue weighted by atomic mass is 10.1. The van der Waals surface area contributed by atoms with Crippen molar-refractivity contribution >= 4 is 17.3 Å². The number of hydrogen-bond acceptors (Lipinski definition) is 3. The smallest absolute Gasteiger partial charge is 0.253 e. The van der Waals surface area contributed by atoms with E-state index in [1.54, 1.807) is 30.1 Å². The molecule has 0 aliphatic heterocycles. The molecule has 0 aliphatic carbocycles. The van der Waals surface area contributed by atoms with Crippen molar-refractivity contribution in [1.82, 2.24) is 4.90 Å². The largest absolute Gasteiger partial charge is 0.399 e. The van der Waals surface area contributed by atoms with Crippen LogP contribution in [0, 0.1) is 0 Å². The van der Waals surface area contributed by atoms with Gasteiger partial charge < -0.3 is 16.4 Å². The summed E-state index contributed by atoms with van der Waals surface area (Å²) in [4.78, 5) is 13.8. The third kappa shape index (κ3) is 3.98. The highest BCUT2D eigenvalue weighted by atomic mass is 16.2. The first-order valence-electron chi connectivity index (χ1n) is 5.96. The molecule has 4 nitrogen and oxygen atoms in total. The monoisotopic (exact) mass is 235 g/mol. The molecule has 1 amide bonds. The molecule has 94 valence electrons. The van der Waals surface area contributed by atoms with E-state index in [1.807, 2.05) is 0 Å². The molecular weight excluding hydrogens is 214 g/mol. The third-order valence-electron chi connectivity index (χ3n) is 2.67. The van der Waals surface area contributed by atoms with Gasteiger partial charge in [-0.3, -0.25) is 4.79 Å². The zero-order chi connectivity index (χ0) is 12.8. The van der Waals surface area contributed by atoms with Crippen molar-refractivity contribution in [2.24, 2.45) is 0 Å². The predicted octanol–water partition coefficient (Wildman–Crippen LogP) is 2.11. The quantitative estimate of drug-likeness (QED) is 0.606. The second kappa shape index (κ2) is 6.13. The number of nitrogens with zero attached hydrogens (tertiary/aromatic N) is 1. The molecule has 0 aromatic heterocycles. The molecule has 0 aliphatic rings. The number of hydrogen-bond donors (Lipinski definition) is 2. The minimum atomic E-state index is -0.0277. The van der Waals surface area contributed by atoms with E-state index in [4.69, 9.17) is 11.5 Å². The van der Waals surface area contributed by atoms with Crippen LogP contribution in [0.4, 0.5) is 11.4 Å². The van der Waals surface area contributed by atoms with Gasteiger partial charge in [0, 0.05) is 30.5 Å². The number of rotatable bonds is 5. The number of carbonyl (C=O) groups is 1. The van der Waals surface area contributed by atoms with E-state index in [9.17, 15) is 4.79 Å². The van der Waals surface area contributed by atoms with E-state index in [-0.39, 0.29) is 5.91 Å². The van der Waals surface area contributed by atoms with Gasteiger partial charge in [0.05, 0.1) is 0 Å². The van der Waals surface area contributed by atoms with Gasteiger partial charge in [-0.15, -0.1) is 0 Å². The Kier molecular flexibility index (Phi) is 4.82. The van der Waals surface area contributed by atoms with Crippen LogP contribution in [0.3, 0.4) is 0 Å². The lowest BCUT2D eigenvalue weighted by Gasteiger charge is -2.17. The van der Waals surface area contributed by atoms with Crippen LogP contribution in [-0.2, 0) is 0 Å². The Morgan fingerprint density at radius 3 is 2.29 bits per heavy atom. The zero-order valence-electron chi connectivity index (χ0n) is 10.6. The number of benzene rings is 1. The molecule has 0 unspecified atom stereocenters. The first kappa shape index (κ1) is 13.4. The van der Waals surface area contributed by atoms with Crippen molar-refractivity contribution in [2.45, 2.75) is 26.2 Å². The van der Waals surface area contributed by atoms with Gasteiger partial charge in [-0.1, -0.05) is 19.8 Å². The van der Waals surface area contributed by atoms with E-state index >= 15 is 0 Å². The van der Waals surface area contributed by atoms with E-state index in [0.29, 0.717) is 16.9 Å². The Morgan fingerprint density at radius 1 is 1.18 bits per heavy atom. The van der Waals surface area contributed by atoms with E-state index in [1.165, 1.54) is 0 Å². The number of unbranched alkanes of at least 4 members (excludes halogenated alkanes) is 2. The normalized spacial score (nSPS) is 10.2. The summed E-state index contributed by atoms with van der Waals surface area (Å²) >= 11 is 0. The summed E-state index contributed by atoms with van der Waals surface area (Å²) in [6, 6.07) is 4.97. The van der Waals surface area contributed by atoms with Gasteiger partial charge in [0.15, 0.2) is 0 Å². The number of carbonyl (C=O) groups excluding carboxylic acids is 1. The first-order valence-corrected chi connectivity index (χ1v) is 5.96. The van der Waals surface area contributed by atoms with Crippen LogP contribution >= 0.6 is 0 Å². The molecule has 1 aromatic rings. The standard InChI is InChI=1S/C13H21N3O/c1-3-4-5-6-16(2)13(17)10-7-11(14)9-12(15)8-10/h7-9H,3-6,14-15H2,1-2H3. The van der Waals surface area contributed by atoms with Gasteiger partial charge in [0.2, 0.25) is 0 Å². The Hall–Kier alpha value is -1.71. The fraction of sp³-hybridized carbons (Fsp3) is 0.462. The lowest BCUT2D eigenvalue weighted by Crippen LogP contribution is -2.27. The molecule has 0 heterocycles. The van der Waals surface area contributed by atoms with E-state index in [0.717, 1.165) is 25.8 Å². The van der Waals surface area contributed by atoms with Crippen molar-refractivity contribution < 1.29 is 4.79 Å². The third-order valence-corrected chi connectivity index (χ3v) is 2.67. The molecule has 1 rings (SSSR count). The van der Waals surface area contributed by atoms with Crippen molar-refractivity contribution in [1.29, 1.82) is 0 Å². The molecule has 0 spiro atoms. The highest BCUT2D eigenvalue weighted by molar-refractivity contribution is 5.95. The molecule has 0 atom stereocenters. The molecule has 0 radical (unpaired) electrons. The molecule has 4 heteroatoms. The van der Waals surface area contributed by atoms with Crippen molar-refractivity contribution in [2.75, 3.05) is 25.1 Å². The van der Waals surface area contributed by atoms with E-state index in [2.05, 4.69) is 6.92 Å². The molecule has 0 saturated heterocycles. The maximum absolute atomic E-state index is 12.1. The molecular formula is C13H21N3O. The lowest BCUT2D eigenvalue weighted by molar-refractivity contribution is 0.0793. The number of nitrogens with two attached hydrogens (primary N) is 2.